The molecule has 1 heterocycles. The minimum atomic E-state index is -0.266. The van der Waals surface area contributed by atoms with Gasteiger partial charge in [0.1, 0.15) is 5.82 Å². The molecule has 0 spiro atoms. The smallest absolute Gasteiger partial charge is 0.139 e. The fourth-order valence-corrected chi connectivity index (χ4v) is 1.77. The van der Waals surface area contributed by atoms with Crippen LogP contribution in [0.15, 0.2) is 41.1 Å². The van der Waals surface area contributed by atoms with Crippen molar-refractivity contribution in [1.29, 1.82) is 0 Å². The summed E-state index contributed by atoms with van der Waals surface area (Å²) in [5.41, 5.74) is 2.95. The predicted octanol–water partition coefficient (Wildman–Crippen LogP) is 3.90. The molecule has 4 heteroatoms. The number of anilines is 1. The SMILES string of the molecule is Cc1cncc(CNc2ccc(Br)c(F)c2)c1. The van der Waals surface area contributed by atoms with Gasteiger partial charge in [0.05, 0.1) is 4.47 Å². The van der Waals surface area contributed by atoms with Crippen LogP contribution in [0.5, 0.6) is 0 Å². The van der Waals surface area contributed by atoms with E-state index in [9.17, 15) is 4.39 Å². The molecule has 0 unspecified atom stereocenters. The molecule has 0 saturated heterocycles. The first-order valence-electron chi connectivity index (χ1n) is 5.24. The third-order valence-corrected chi connectivity index (χ3v) is 2.99. The van der Waals surface area contributed by atoms with Crippen LogP contribution in [0, 0.1) is 12.7 Å². The van der Waals surface area contributed by atoms with Crippen LogP contribution in [-0.2, 0) is 6.54 Å². The number of benzene rings is 1. The highest BCUT2D eigenvalue weighted by Crippen LogP contribution is 2.19. The van der Waals surface area contributed by atoms with Gasteiger partial charge in [-0.1, -0.05) is 6.07 Å². The van der Waals surface area contributed by atoms with E-state index in [4.69, 9.17) is 0 Å². The molecule has 17 heavy (non-hydrogen) atoms. The number of aryl methyl sites for hydroxylation is 1. The molecule has 0 saturated carbocycles. The highest BCUT2D eigenvalue weighted by molar-refractivity contribution is 9.10. The molecule has 0 amide bonds. The molecular formula is C13H12BrFN2. The van der Waals surface area contributed by atoms with Gasteiger partial charge >= 0.3 is 0 Å². The Morgan fingerprint density at radius 3 is 2.82 bits per heavy atom. The largest absolute Gasteiger partial charge is 0.381 e. The second-order valence-electron chi connectivity index (χ2n) is 3.85. The Bertz CT molecular complexity index is 529. The summed E-state index contributed by atoms with van der Waals surface area (Å²) in [6.07, 6.45) is 3.61. The number of hydrogen-bond donors (Lipinski definition) is 1. The highest BCUT2D eigenvalue weighted by Gasteiger charge is 2.00. The molecule has 1 aromatic heterocycles. The van der Waals surface area contributed by atoms with Crippen LogP contribution >= 0.6 is 15.9 Å². The van der Waals surface area contributed by atoms with Crippen LogP contribution in [0.4, 0.5) is 10.1 Å². The minimum absolute atomic E-state index is 0.266. The minimum Gasteiger partial charge on any atom is -0.381 e. The molecular weight excluding hydrogens is 283 g/mol. The highest BCUT2D eigenvalue weighted by atomic mass is 79.9. The van der Waals surface area contributed by atoms with E-state index in [0.717, 1.165) is 16.8 Å². The Labute approximate surface area is 108 Å². The van der Waals surface area contributed by atoms with Crippen LogP contribution in [0.25, 0.3) is 0 Å². The van der Waals surface area contributed by atoms with E-state index in [0.29, 0.717) is 11.0 Å². The zero-order chi connectivity index (χ0) is 12.3. The zero-order valence-electron chi connectivity index (χ0n) is 9.37. The lowest BCUT2D eigenvalue weighted by atomic mass is 10.2. The Kier molecular flexibility index (Phi) is 3.74. The average molecular weight is 295 g/mol. The Morgan fingerprint density at radius 1 is 1.29 bits per heavy atom. The number of nitrogens with one attached hydrogen (secondary N) is 1. The van der Waals surface area contributed by atoms with Gasteiger partial charge < -0.3 is 5.32 Å². The van der Waals surface area contributed by atoms with Gasteiger partial charge in [-0.05, 0) is 52.2 Å². The summed E-state index contributed by atoms with van der Waals surface area (Å²) in [6.45, 7) is 2.63. The molecule has 88 valence electrons. The molecule has 2 nitrogen and oxygen atoms in total. The number of nitrogens with zero attached hydrogens (tertiary/aromatic N) is 1. The van der Waals surface area contributed by atoms with E-state index in [2.05, 4.69) is 32.3 Å². The normalized spacial score (nSPS) is 10.3. The van der Waals surface area contributed by atoms with Gasteiger partial charge in [0.25, 0.3) is 0 Å². The number of aromatic nitrogens is 1. The van der Waals surface area contributed by atoms with E-state index in [1.165, 1.54) is 6.07 Å². The van der Waals surface area contributed by atoms with E-state index < -0.39 is 0 Å². The van der Waals surface area contributed by atoms with E-state index in [1.807, 2.05) is 19.2 Å². The van der Waals surface area contributed by atoms with Crippen LogP contribution in [0.3, 0.4) is 0 Å². The zero-order valence-corrected chi connectivity index (χ0v) is 11.0. The molecule has 0 bridgehead atoms. The van der Waals surface area contributed by atoms with Crippen molar-refractivity contribution in [2.24, 2.45) is 0 Å². The monoisotopic (exact) mass is 294 g/mol. The third-order valence-electron chi connectivity index (χ3n) is 2.35. The standard InChI is InChI=1S/C13H12BrFN2/c1-9-4-10(7-16-6-9)8-17-11-2-3-12(14)13(15)5-11/h2-7,17H,8H2,1H3. The van der Waals surface area contributed by atoms with Crippen molar-refractivity contribution in [3.63, 3.8) is 0 Å². The van der Waals surface area contributed by atoms with Crippen molar-refractivity contribution in [2.45, 2.75) is 13.5 Å². The third kappa shape index (κ3) is 3.27. The molecule has 1 aromatic carbocycles. The maximum Gasteiger partial charge on any atom is 0.139 e. The van der Waals surface area contributed by atoms with Gasteiger partial charge in [0.15, 0.2) is 0 Å². The first kappa shape index (κ1) is 12.0. The summed E-state index contributed by atoms with van der Waals surface area (Å²) in [5.74, 6) is -0.266. The molecule has 0 atom stereocenters. The fourth-order valence-electron chi connectivity index (χ4n) is 1.52. The summed E-state index contributed by atoms with van der Waals surface area (Å²) in [6, 6.07) is 7.03. The second kappa shape index (κ2) is 5.27. The van der Waals surface area contributed by atoms with Gasteiger partial charge in [0.2, 0.25) is 0 Å². The molecule has 0 radical (unpaired) electrons. The summed E-state index contributed by atoms with van der Waals surface area (Å²) in [5, 5.41) is 3.16. The molecule has 0 fully saturated rings. The van der Waals surface area contributed by atoms with Crippen molar-refractivity contribution in [3.05, 3.63) is 58.1 Å². The van der Waals surface area contributed by atoms with Crippen molar-refractivity contribution in [3.8, 4) is 0 Å². The van der Waals surface area contributed by atoms with Gasteiger partial charge in [-0.2, -0.15) is 0 Å². The fraction of sp³-hybridized carbons (Fsp3) is 0.154. The van der Waals surface area contributed by atoms with Crippen LogP contribution in [0.1, 0.15) is 11.1 Å². The van der Waals surface area contributed by atoms with Gasteiger partial charge in [0, 0.05) is 24.6 Å². The van der Waals surface area contributed by atoms with Crippen LogP contribution in [0.2, 0.25) is 0 Å². The topological polar surface area (TPSA) is 24.9 Å². The first-order valence-corrected chi connectivity index (χ1v) is 6.04. The summed E-state index contributed by atoms with van der Waals surface area (Å²) in [7, 11) is 0. The second-order valence-corrected chi connectivity index (χ2v) is 4.71. The predicted molar refractivity (Wildman–Crippen MR) is 70.4 cm³/mol. The molecule has 2 aromatic rings. The van der Waals surface area contributed by atoms with Gasteiger partial charge in [-0.25, -0.2) is 4.39 Å². The van der Waals surface area contributed by atoms with E-state index in [-0.39, 0.29) is 5.82 Å². The summed E-state index contributed by atoms with van der Waals surface area (Å²) < 4.78 is 13.7. The number of pyridine rings is 1. The number of rotatable bonds is 3. The average Bonchev–Trinajstić information content (AvgIpc) is 2.31. The molecule has 0 aliphatic heterocycles. The van der Waals surface area contributed by atoms with Crippen molar-refractivity contribution >= 4 is 21.6 Å². The van der Waals surface area contributed by atoms with Crippen LogP contribution in [-0.4, -0.2) is 4.98 Å². The molecule has 1 N–H and O–H groups in total. The van der Waals surface area contributed by atoms with Crippen molar-refractivity contribution in [1.82, 2.24) is 4.98 Å². The number of hydrogen-bond acceptors (Lipinski definition) is 2. The van der Waals surface area contributed by atoms with Crippen molar-refractivity contribution < 1.29 is 4.39 Å². The quantitative estimate of drug-likeness (QED) is 0.928. The maximum absolute atomic E-state index is 13.3. The van der Waals surface area contributed by atoms with E-state index >= 15 is 0 Å². The van der Waals surface area contributed by atoms with E-state index in [1.54, 1.807) is 12.3 Å². The van der Waals surface area contributed by atoms with Gasteiger partial charge in [-0.15, -0.1) is 0 Å². The Hall–Kier alpha value is -1.42. The molecule has 0 aliphatic rings. The lowest BCUT2D eigenvalue weighted by molar-refractivity contribution is 0.621. The maximum atomic E-state index is 13.3. The van der Waals surface area contributed by atoms with Crippen LogP contribution < -0.4 is 5.32 Å². The number of halogens is 2. The summed E-state index contributed by atoms with van der Waals surface area (Å²) >= 11 is 3.12. The molecule has 2 rings (SSSR count). The first-order chi connectivity index (χ1) is 8.15. The van der Waals surface area contributed by atoms with Crippen molar-refractivity contribution in [2.75, 3.05) is 5.32 Å². The summed E-state index contributed by atoms with van der Waals surface area (Å²) in [4.78, 5) is 4.11. The molecule has 0 aliphatic carbocycles. The van der Waals surface area contributed by atoms with Gasteiger partial charge in [-0.3, -0.25) is 4.98 Å². The lowest BCUT2D eigenvalue weighted by Gasteiger charge is -2.07. The Morgan fingerprint density at radius 2 is 2.12 bits per heavy atom. The Balaban J connectivity index is 2.05. The lowest BCUT2D eigenvalue weighted by Crippen LogP contribution is -2.00.